The van der Waals surface area contributed by atoms with Crippen LogP contribution in [0.5, 0.6) is 5.75 Å². The lowest BCUT2D eigenvalue weighted by Crippen LogP contribution is -2.53. The number of halogens is 1. The molecule has 0 radical (unpaired) electrons. The van der Waals surface area contributed by atoms with Gasteiger partial charge in [0.15, 0.2) is 0 Å². The number of anilines is 1. The third-order valence-electron chi connectivity index (χ3n) is 4.12. The lowest BCUT2D eigenvalue weighted by atomic mass is 10.0. The summed E-state index contributed by atoms with van der Waals surface area (Å²) in [5, 5.41) is 0. The Balaban J connectivity index is 1.97. The smallest absolute Gasteiger partial charge is 0.239 e. The largest absolute Gasteiger partial charge is 0.494 e. The van der Waals surface area contributed by atoms with E-state index in [1.807, 2.05) is 4.90 Å². The second-order valence-corrected chi connectivity index (χ2v) is 6.36. The predicted octanol–water partition coefficient (Wildman–Crippen LogP) is 1.86. The number of carbonyl (C=O) groups excluding carboxylic acids is 1. The van der Waals surface area contributed by atoms with Gasteiger partial charge in [-0.05, 0) is 24.5 Å². The third-order valence-corrected chi connectivity index (χ3v) is 4.12. The van der Waals surface area contributed by atoms with Gasteiger partial charge < -0.3 is 20.3 Å². The van der Waals surface area contributed by atoms with E-state index in [4.69, 9.17) is 10.5 Å². The van der Waals surface area contributed by atoms with Gasteiger partial charge >= 0.3 is 0 Å². The van der Waals surface area contributed by atoms with Crippen molar-refractivity contribution in [2.45, 2.75) is 26.3 Å². The molecule has 23 heavy (non-hydrogen) atoms. The first-order valence-electron chi connectivity index (χ1n) is 8.05. The fourth-order valence-electron chi connectivity index (χ4n) is 2.92. The Morgan fingerprint density at radius 2 is 1.96 bits per heavy atom. The molecule has 1 atom stereocenters. The van der Waals surface area contributed by atoms with Gasteiger partial charge in [-0.1, -0.05) is 13.8 Å². The first kappa shape index (κ1) is 17.5. The molecule has 0 unspecified atom stereocenters. The molecule has 2 rings (SSSR count). The van der Waals surface area contributed by atoms with Crippen LogP contribution in [0.3, 0.4) is 0 Å². The zero-order valence-corrected chi connectivity index (χ0v) is 14.1. The number of benzene rings is 1. The van der Waals surface area contributed by atoms with Crippen LogP contribution < -0.4 is 15.4 Å². The molecule has 1 aliphatic rings. The van der Waals surface area contributed by atoms with Gasteiger partial charge in [-0.25, -0.2) is 4.39 Å². The molecule has 1 saturated heterocycles. The van der Waals surface area contributed by atoms with Crippen LogP contribution >= 0.6 is 0 Å². The van der Waals surface area contributed by atoms with E-state index in [0.717, 1.165) is 5.69 Å². The number of amides is 1. The van der Waals surface area contributed by atoms with Gasteiger partial charge in [0, 0.05) is 32.2 Å². The molecule has 0 aromatic heterocycles. The average Bonchev–Trinajstić information content (AvgIpc) is 2.53. The van der Waals surface area contributed by atoms with Crippen molar-refractivity contribution < 1.29 is 13.9 Å². The molecule has 1 amide bonds. The fourth-order valence-corrected chi connectivity index (χ4v) is 2.92. The number of carbonyl (C=O) groups is 1. The summed E-state index contributed by atoms with van der Waals surface area (Å²) in [6.07, 6.45) is 0.699. The number of piperazine rings is 1. The summed E-state index contributed by atoms with van der Waals surface area (Å²) < 4.78 is 18.6. The van der Waals surface area contributed by atoms with Gasteiger partial charge in [0.1, 0.15) is 11.6 Å². The summed E-state index contributed by atoms with van der Waals surface area (Å²) >= 11 is 0. The Kier molecular flexibility index (Phi) is 5.82. The number of rotatable bonds is 5. The second-order valence-electron chi connectivity index (χ2n) is 6.36. The minimum atomic E-state index is -0.429. The normalized spacial score (nSPS) is 16.6. The maximum Gasteiger partial charge on any atom is 0.239 e. The van der Waals surface area contributed by atoms with Crippen LogP contribution in [0.15, 0.2) is 18.2 Å². The maximum absolute atomic E-state index is 13.3. The lowest BCUT2D eigenvalue weighted by Gasteiger charge is -2.37. The predicted molar refractivity (Wildman–Crippen MR) is 89.2 cm³/mol. The highest BCUT2D eigenvalue weighted by molar-refractivity contribution is 5.82. The van der Waals surface area contributed by atoms with E-state index < -0.39 is 6.04 Å². The number of nitrogens with two attached hydrogens (primary N) is 1. The fraction of sp³-hybridized carbons (Fsp3) is 0.588. The van der Waals surface area contributed by atoms with Crippen molar-refractivity contribution in [2.24, 2.45) is 11.7 Å². The van der Waals surface area contributed by atoms with Crippen molar-refractivity contribution in [3.8, 4) is 5.75 Å². The van der Waals surface area contributed by atoms with E-state index in [9.17, 15) is 9.18 Å². The third kappa shape index (κ3) is 4.34. The Bertz CT molecular complexity index is 543. The Hall–Kier alpha value is -1.82. The number of hydrogen-bond donors (Lipinski definition) is 1. The van der Waals surface area contributed by atoms with Crippen LogP contribution in [0.25, 0.3) is 0 Å². The monoisotopic (exact) mass is 323 g/mol. The molecular formula is C17H26FN3O2. The van der Waals surface area contributed by atoms with Gasteiger partial charge in [-0.3, -0.25) is 4.79 Å². The molecule has 1 aromatic carbocycles. The van der Waals surface area contributed by atoms with E-state index >= 15 is 0 Å². The van der Waals surface area contributed by atoms with E-state index in [2.05, 4.69) is 18.7 Å². The molecule has 0 bridgehead atoms. The van der Waals surface area contributed by atoms with E-state index in [0.29, 0.717) is 44.3 Å². The lowest BCUT2D eigenvalue weighted by molar-refractivity contribution is -0.133. The molecule has 128 valence electrons. The summed E-state index contributed by atoms with van der Waals surface area (Å²) in [4.78, 5) is 16.3. The van der Waals surface area contributed by atoms with Crippen molar-refractivity contribution in [1.29, 1.82) is 0 Å². The van der Waals surface area contributed by atoms with Crippen LogP contribution in [-0.2, 0) is 4.79 Å². The summed E-state index contributed by atoms with van der Waals surface area (Å²) in [5.74, 6) is 0.614. The number of hydrogen-bond acceptors (Lipinski definition) is 4. The zero-order valence-electron chi connectivity index (χ0n) is 14.1. The molecule has 5 nitrogen and oxygen atoms in total. The molecule has 2 N–H and O–H groups in total. The van der Waals surface area contributed by atoms with Crippen molar-refractivity contribution >= 4 is 11.6 Å². The molecule has 0 saturated carbocycles. The van der Waals surface area contributed by atoms with E-state index in [1.165, 1.54) is 19.2 Å². The van der Waals surface area contributed by atoms with Crippen molar-refractivity contribution in [3.63, 3.8) is 0 Å². The Morgan fingerprint density at radius 1 is 1.30 bits per heavy atom. The molecule has 0 spiro atoms. The minimum absolute atomic E-state index is 0.0180. The molecule has 1 fully saturated rings. The maximum atomic E-state index is 13.3. The van der Waals surface area contributed by atoms with Crippen molar-refractivity contribution in [1.82, 2.24) is 4.90 Å². The Labute approximate surface area is 137 Å². The first-order chi connectivity index (χ1) is 10.9. The number of ether oxygens (including phenoxy) is 1. The van der Waals surface area contributed by atoms with Crippen LogP contribution in [-0.4, -0.2) is 50.1 Å². The van der Waals surface area contributed by atoms with Gasteiger partial charge in [0.05, 0.1) is 18.8 Å². The molecule has 1 heterocycles. The van der Waals surface area contributed by atoms with Gasteiger partial charge in [0.2, 0.25) is 5.91 Å². The van der Waals surface area contributed by atoms with Gasteiger partial charge in [0.25, 0.3) is 0 Å². The topological polar surface area (TPSA) is 58.8 Å². The molecule has 1 aromatic rings. The van der Waals surface area contributed by atoms with Gasteiger partial charge in [-0.15, -0.1) is 0 Å². The number of nitrogens with zero attached hydrogens (tertiary/aromatic N) is 2. The molecule has 0 aliphatic carbocycles. The van der Waals surface area contributed by atoms with Crippen LogP contribution in [0.1, 0.15) is 20.3 Å². The SMILES string of the molecule is COc1cc(F)ccc1N1CCN(C(=O)[C@@H](N)CC(C)C)CC1. The molecule has 1 aliphatic heterocycles. The highest BCUT2D eigenvalue weighted by Gasteiger charge is 2.26. The Morgan fingerprint density at radius 3 is 2.52 bits per heavy atom. The quantitative estimate of drug-likeness (QED) is 0.898. The van der Waals surface area contributed by atoms with E-state index in [1.54, 1.807) is 6.07 Å². The van der Waals surface area contributed by atoms with Crippen LogP contribution in [0.4, 0.5) is 10.1 Å². The molecular weight excluding hydrogens is 297 g/mol. The standard InChI is InChI=1S/C17H26FN3O2/c1-12(2)10-14(19)17(22)21-8-6-20(7-9-21)15-5-4-13(18)11-16(15)23-3/h4-5,11-12,14H,6-10,19H2,1-3H3/t14-/m0/s1. The number of methoxy groups -OCH3 is 1. The average molecular weight is 323 g/mol. The highest BCUT2D eigenvalue weighted by atomic mass is 19.1. The first-order valence-corrected chi connectivity index (χ1v) is 8.05. The minimum Gasteiger partial charge on any atom is -0.494 e. The van der Waals surface area contributed by atoms with Gasteiger partial charge in [-0.2, -0.15) is 0 Å². The summed E-state index contributed by atoms with van der Waals surface area (Å²) in [6, 6.07) is 4.09. The highest BCUT2D eigenvalue weighted by Crippen LogP contribution is 2.29. The van der Waals surface area contributed by atoms with Crippen molar-refractivity contribution in [3.05, 3.63) is 24.0 Å². The summed E-state index contributed by atoms with van der Waals surface area (Å²) in [7, 11) is 1.53. The zero-order chi connectivity index (χ0) is 17.0. The molecule has 6 heteroatoms. The van der Waals surface area contributed by atoms with Crippen molar-refractivity contribution in [2.75, 3.05) is 38.2 Å². The van der Waals surface area contributed by atoms with Crippen LogP contribution in [0.2, 0.25) is 0 Å². The summed E-state index contributed by atoms with van der Waals surface area (Å²) in [6.45, 7) is 6.72. The second kappa shape index (κ2) is 7.64. The van der Waals surface area contributed by atoms with Crippen LogP contribution in [0, 0.1) is 11.7 Å². The van der Waals surface area contributed by atoms with E-state index in [-0.39, 0.29) is 11.7 Å². The summed E-state index contributed by atoms with van der Waals surface area (Å²) in [5.41, 5.74) is 6.84.